The molecule has 0 spiro atoms. The van der Waals surface area contributed by atoms with Crippen molar-refractivity contribution in [1.29, 1.82) is 0 Å². The molecule has 3 nitrogen and oxygen atoms in total. The van der Waals surface area contributed by atoms with E-state index < -0.39 is 0 Å². The third-order valence-corrected chi connectivity index (χ3v) is 3.19. The number of rotatable bonds is 5. The van der Waals surface area contributed by atoms with Gasteiger partial charge >= 0.3 is 0 Å². The molecule has 1 saturated heterocycles. The van der Waals surface area contributed by atoms with Crippen molar-refractivity contribution >= 4 is 24.0 Å². The first-order valence-electron chi connectivity index (χ1n) is 5.94. The van der Waals surface area contributed by atoms with E-state index in [1.165, 1.54) is 6.42 Å². The molecule has 0 amide bonds. The Labute approximate surface area is 119 Å². The van der Waals surface area contributed by atoms with Gasteiger partial charge < -0.3 is 14.8 Å². The summed E-state index contributed by atoms with van der Waals surface area (Å²) in [6, 6.07) is 5.66. The molecule has 1 aliphatic heterocycles. The Morgan fingerprint density at radius 2 is 2.33 bits per heavy atom. The van der Waals surface area contributed by atoms with Gasteiger partial charge in [-0.05, 0) is 31.0 Å². The minimum absolute atomic E-state index is 0. The first kappa shape index (κ1) is 15.6. The van der Waals surface area contributed by atoms with Crippen LogP contribution >= 0.6 is 24.0 Å². The van der Waals surface area contributed by atoms with Crippen molar-refractivity contribution in [2.75, 3.05) is 20.3 Å². The maximum absolute atomic E-state index is 5.97. The summed E-state index contributed by atoms with van der Waals surface area (Å²) in [6.45, 7) is 2.53. The van der Waals surface area contributed by atoms with Gasteiger partial charge in [-0.2, -0.15) is 0 Å². The quantitative estimate of drug-likeness (QED) is 0.905. The SMILES string of the molecule is COc1ccc(Cl)cc1CNCC1CCCO1.Cl. The lowest BCUT2D eigenvalue weighted by molar-refractivity contribution is 0.110. The molecule has 0 aliphatic carbocycles. The van der Waals surface area contributed by atoms with E-state index in [1.54, 1.807) is 7.11 Å². The fourth-order valence-corrected chi connectivity index (χ4v) is 2.25. The number of benzene rings is 1. The molecule has 102 valence electrons. The zero-order valence-corrected chi connectivity index (χ0v) is 12.0. The maximum atomic E-state index is 5.97. The highest BCUT2D eigenvalue weighted by Crippen LogP contribution is 2.22. The lowest BCUT2D eigenvalue weighted by Crippen LogP contribution is -2.25. The molecule has 2 rings (SSSR count). The number of nitrogens with one attached hydrogen (secondary N) is 1. The lowest BCUT2D eigenvalue weighted by Gasteiger charge is -2.13. The largest absolute Gasteiger partial charge is 0.496 e. The first-order valence-corrected chi connectivity index (χ1v) is 6.32. The summed E-state index contributed by atoms with van der Waals surface area (Å²) in [5.41, 5.74) is 1.08. The zero-order valence-electron chi connectivity index (χ0n) is 10.4. The lowest BCUT2D eigenvalue weighted by atomic mass is 10.2. The molecule has 0 bridgehead atoms. The van der Waals surface area contributed by atoms with Crippen LogP contribution < -0.4 is 10.1 Å². The predicted octanol–water partition coefficient (Wildman–Crippen LogP) is 3.04. The fourth-order valence-electron chi connectivity index (χ4n) is 2.06. The van der Waals surface area contributed by atoms with Crippen LogP contribution in [0.3, 0.4) is 0 Å². The molecular formula is C13H19Cl2NO2. The molecule has 1 aromatic rings. The van der Waals surface area contributed by atoms with Crippen molar-refractivity contribution < 1.29 is 9.47 Å². The molecule has 1 aliphatic rings. The van der Waals surface area contributed by atoms with Gasteiger partial charge in [-0.1, -0.05) is 11.6 Å². The molecule has 1 heterocycles. The Balaban J connectivity index is 0.00000162. The standard InChI is InChI=1S/C13H18ClNO2.ClH/c1-16-13-5-4-11(14)7-10(13)8-15-9-12-3-2-6-17-12;/h4-5,7,12,15H,2-3,6,8-9H2,1H3;1H. The van der Waals surface area contributed by atoms with Crippen LogP contribution in [-0.4, -0.2) is 26.4 Å². The van der Waals surface area contributed by atoms with Gasteiger partial charge in [-0.15, -0.1) is 12.4 Å². The topological polar surface area (TPSA) is 30.5 Å². The van der Waals surface area contributed by atoms with Gasteiger partial charge in [-0.25, -0.2) is 0 Å². The van der Waals surface area contributed by atoms with Crippen LogP contribution in [0.2, 0.25) is 5.02 Å². The maximum Gasteiger partial charge on any atom is 0.123 e. The second kappa shape index (κ2) is 7.85. The molecule has 1 atom stereocenters. The van der Waals surface area contributed by atoms with Crippen molar-refractivity contribution in [2.45, 2.75) is 25.5 Å². The van der Waals surface area contributed by atoms with Gasteiger partial charge in [0.1, 0.15) is 5.75 Å². The number of ether oxygens (including phenoxy) is 2. The molecule has 5 heteroatoms. The monoisotopic (exact) mass is 291 g/mol. The highest BCUT2D eigenvalue weighted by Gasteiger charge is 2.14. The highest BCUT2D eigenvalue weighted by molar-refractivity contribution is 6.30. The van der Waals surface area contributed by atoms with E-state index in [9.17, 15) is 0 Å². The minimum atomic E-state index is 0. The number of methoxy groups -OCH3 is 1. The number of hydrogen-bond donors (Lipinski definition) is 1. The molecule has 18 heavy (non-hydrogen) atoms. The van der Waals surface area contributed by atoms with E-state index >= 15 is 0 Å². The van der Waals surface area contributed by atoms with E-state index in [4.69, 9.17) is 21.1 Å². The number of halogens is 2. The molecular weight excluding hydrogens is 273 g/mol. The van der Waals surface area contributed by atoms with Crippen LogP contribution in [0.1, 0.15) is 18.4 Å². The number of hydrogen-bond acceptors (Lipinski definition) is 3. The Morgan fingerprint density at radius 1 is 1.50 bits per heavy atom. The van der Waals surface area contributed by atoms with Crippen LogP contribution in [0, 0.1) is 0 Å². The summed E-state index contributed by atoms with van der Waals surface area (Å²) < 4.78 is 10.8. The summed E-state index contributed by atoms with van der Waals surface area (Å²) >= 11 is 5.97. The molecule has 0 aromatic heterocycles. The van der Waals surface area contributed by atoms with E-state index in [2.05, 4.69) is 5.32 Å². The average Bonchev–Trinajstić information content (AvgIpc) is 2.82. The molecule has 1 fully saturated rings. The summed E-state index contributed by atoms with van der Waals surface area (Å²) in [5.74, 6) is 0.870. The van der Waals surface area contributed by atoms with E-state index in [-0.39, 0.29) is 12.4 Å². The fraction of sp³-hybridized carbons (Fsp3) is 0.538. The summed E-state index contributed by atoms with van der Waals surface area (Å²) in [7, 11) is 1.67. The third-order valence-electron chi connectivity index (χ3n) is 2.95. The molecule has 1 N–H and O–H groups in total. The van der Waals surface area contributed by atoms with Crippen LogP contribution in [0.15, 0.2) is 18.2 Å². The van der Waals surface area contributed by atoms with Crippen LogP contribution in [-0.2, 0) is 11.3 Å². The predicted molar refractivity (Wildman–Crippen MR) is 75.9 cm³/mol. The van der Waals surface area contributed by atoms with Crippen LogP contribution in [0.4, 0.5) is 0 Å². The molecule has 0 saturated carbocycles. The Hall–Kier alpha value is -0.480. The van der Waals surface area contributed by atoms with Gasteiger partial charge in [0.2, 0.25) is 0 Å². The average molecular weight is 292 g/mol. The molecule has 0 radical (unpaired) electrons. The smallest absolute Gasteiger partial charge is 0.123 e. The zero-order chi connectivity index (χ0) is 12.1. The van der Waals surface area contributed by atoms with Gasteiger partial charge in [0.15, 0.2) is 0 Å². The van der Waals surface area contributed by atoms with Gasteiger partial charge in [0.25, 0.3) is 0 Å². The van der Waals surface area contributed by atoms with Gasteiger partial charge in [-0.3, -0.25) is 0 Å². The molecule has 1 unspecified atom stereocenters. The van der Waals surface area contributed by atoms with E-state index in [0.717, 1.165) is 42.5 Å². The Morgan fingerprint density at radius 3 is 3.00 bits per heavy atom. The summed E-state index contributed by atoms with van der Waals surface area (Å²) in [5, 5.41) is 4.12. The van der Waals surface area contributed by atoms with Crippen molar-refractivity contribution in [3.63, 3.8) is 0 Å². The second-order valence-electron chi connectivity index (χ2n) is 4.22. The first-order chi connectivity index (χ1) is 8.29. The van der Waals surface area contributed by atoms with Crippen LogP contribution in [0.5, 0.6) is 5.75 Å². The summed E-state index contributed by atoms with van der Waals surface area (Å²) in [6.07, 6.45) is 2.69. The van der Waals surface area contributed by atoms with Crippen molar-refractivity contribution in [3.8, 4) is 5.75 Å². The van der Waals surface area contributed by atoms with Crippen molar-refractivity contribution in [1.82, 2.24) is 5.32 Å². The normalized spacial score (nSPS) is 18.4. The Kier molecular flexibility index (Phi) is 6.79. The van der Waals surface area contributed by atoms with Gasteiger partial charge in [0, 0.05) is 30.3 Å². The second-order valence-corrected chi connectivity index (χ2v) is 4.66. The van der Waals surface area contributed by atoms with E-state index in [1.807, 2.05) is 18.2 Å². The van der Waals surface area contributed by atoms with Crippen LogP contribution in [0.25, 0.3) is 0 Å². The minimum Gasteiger partial charge on any atom is -0.496 e. The van der Waals surface area contributed by atoms with Gasteiger partial charge in [0.05, 0.1) is 13.2 Å². The highest BCUT2D eigenvalue weighted by atomic mass is 35.5. The molecule has 1 aromatic carbocycles. The Bertz CT molecular complexity index is 368. The third kappa shape index (κ3) is 4.32. The van der Waals surface area contributed by atoms with Crippen molar-refractivity contribution in [3.05, 3.63) is 28.8 Å². The van der Waals surface area contributed by atoms with Crippen molar-refractivity contribution in [2.24, 2.45) is 0 Å². The van der Waals surface area contributed by atoms with E-state index in [0.29, 0.717) is 6.10 Å². The summed E-state index contributed by atoms with van der Waals surface area (Å²) in [4.78, 5) is 0.